The Morgan fingerprint density at radius 3 is 2.65 bits per heavy atom. The zero-order valence-electron chi connectivity index (χ0n) is 14.1. The van der Waals surface area contributed by atoms with Crippen molar-refractivity contribution in [3.63, 3.8) is 0 Å². The van der Waals surface area contributed by atoms with Gasteiger partial charge in [0.2, 0.25) is 5.69 Å². The summed E-state index contributed by atoms with van der Waals surface area (Å²) in [4.78, 5) is 17.6. The van der Waals surface area contributed by atoms with Crippen LogP contribution in [0.2, 0.25) is 5.02 Å². The van der Waals surface area contributed by atoms with Crippen molar-refractivity contribution in [2.45, 2.75) is 19.3 Å². The number of hydrogen-bond donors (Lipinski definition) is 1. The van der Waals surface area contributed by atoms with Crippen molar-refractivity contribution in [2.75, 3.05) is 13.1 Å². The van der Waals surface area contributed by atoms with Gasteiger partial charge in [0.1, 0.15) is 0 Å². The maximum Gasteiger partial charge on any atom is 0.322 e. The Hall–Kier alpha value is -2.41. The zero-order valence-corrected chi connectivity index (χ0v) is 14.8. The van der Waals surface area contributed by atoms with Crippen LogP contribution in [-0.4, -0.2) is 27.7 Å². The lowest BCUT2D eigenvalue weighted by molar-refractivity contribution is 0.295. The number of hydroxylamine groups is 2. The summed E-state index contributed by atoms with van der Waals surface area (Å²) < 4.78 is 0.554. The SMILES string of the molecule is O=c1c([N+]2([O-])CCCCC2)c(O)c2cccnc2n1-c1cccc(Cl)c1. The van der Waals surface area contributed by atoms with Crippen LogP contribution in [0.1, 0.15) is 19.3 Å². The third-order valence-electron chi connectivity index (χ3n) is 4.90. The first-order chi connectivity index (χ1) is 12.5. The van der Waals surface area contributed by atoms with E-state index < -0.39 is 10.2 Å². The maximum absolute atomic E-state index is 13.4. The molecule has 0 bridgehead atoms. The van der Waals surface area contributed by atoms with Crippen LogP contribution in [0, 0.1) is 5.21 Å². The average Bonchev–Trinajstić information content (AvgIpc) is 2.62. The summed E-state index contributed by atoms with van der Waals surface area (Å²) in [5, 5.41) is 25.0. The summed E-state index contributed by atoms with van der Waals surface area (Å²) in [5.41, 5.74) is 0.138. The van der Waals surface area contributed by atoms with Gasteiger partial charge in [0.25, 0.3) is 0 Å². The van der Waals surface area contributed by atoms with Crippen molar-refractivity contribution in [1.29, 1.82) is 0 Å². The second-order valence-electron chi connectivity index (χ2n) is 6.59. The Morgan fingerprint density at radius 2 is 1.92 bits per heavy atom. The van der Waals surface area contributed by atoms with Crippen LogP contribution in [0.5, 0.6) is 5.75 Å². The van der Waals surface area contributed by atoms with Crippen LogP contribution in [0.25, 0.3) is 16.7 Å². The van der Waals surface area contributed by atoms with E-state index in [2.05, 4.69) is 4.98 Å². The highest BCUT2D eigenvalue weighted by Crippen LogP contribution is 2.37. The van der Waals surface area contributed by atoms with Gasteiger partial charge in [0, 0.05) is 11.2 Å². The molecule has 1 fully saturated rings. The van der Waals surface area contributed by atoms with E-state index in [-0.39, 0.29) is 24.5 Å². The lowest BCUT2D eigenvalue weighted by Crippen LogP contribution is -2.50. The second kappa shape index (κ2) is 6.39. The van der Waals surface area contributed by atoms with Crippen molar-refractivity contribution < 1.29 is 5.11 Å². The third-order valence-corrected chi connectivity index (χ3v) is 5.13. The van der Waals surface area contributed by atoms with Gasteiger partial charge in [-0.05, 0) is 49.6 Å². The molecule has 3 heterocycles. The molecule has 0 radical (unpaired) electrons. The van der Waals surface area contributed by atoms with E-state index in [1.807, 2.05) is 0 Å². The van der Waals surface area contributed by atoms with Crippen LogP contribution < -0.4 is 10.2 Å². The molecule has 0 amide bonds. The Labute approximate surface area is 155 Å². The number of quaternary nitrogens is 1. The Morgan fingerprint density at radius 1 is 1.15 bits per heavy atom. The van der Waals surface area contributed by atoms with E-state index in [0.717, 1.165) is 19.3 Å². The van der Waals surface area contributed by atoms with Crippen LogP contribution in [0.4, 0.5) is 5.69 Å². The number of aromatic hydroxyl groups is 1. The van der Waals surface area contributed by atoms with E-state index >= 15 is 0 Å². The number of nitrogens with zero attached hydrogens (tertiary/aromatic N) is 3. The van der Waals surface area contributed by atoms with Crippen LogP contribution >= 0.6 is 11.6 Å². The number of benzene rings is 1. The van der Waals surface area contributed by atoms with Crippen molar-refractivity contribution in [3.05, 3.63) is 63.2 Å². The topological polar surface area (TPSA) is 78.2 Å². The number of rotatable bonds is 2. The molecule has 1 saturated heterocycles. The molecule has 7 heteroatoms. The normalized spacial score (nSPS) is 16.7. The molecule has 0 atom stereocenters. The largest absolute Gasteiger partial charge is 0.627 e. The second-order valence-corrected chi connectivity index (χ2v) is 7.03. The van der Waals surface area contributed by atoms with Gasteiger partial charge in [-0.1, -0.05) is 17.7 Å². The molecule has 0 aliphatic carbocycles. The highest BCUT2D eigenvalue weighted by molar-refractivity contribution is 6.30. The molecule has 134 valence electrons. The molecule has 4 rings (SSSR count). The predicted octanol–water partition coefficient (Wildman–Crippen LogP) is 3.73. The summed E-state index contributed by atoms with van der Waals surface area (Å²) in [6.07, 6.45) is 3.96. The summed E-state index contributed by atoms with van der Waals surface area (Å²) in [5.74, 6) is -0.270. The Kier molecular flexibility index (Phi) is 4.19. The lowest BCUT2D eigenvalue weighted by Gasteiger charge is -2.44. The first kappa shape index (κ1) is 17.0. The highest BCUT2D eigenvalue weighted by atomic mass is 35.5. The van der Waals surface area contributed by atoms with Gasteiger partial charge < -0.3 is 15.0 Å². The smallest absolute Gasteiger partial charge is 0.322 e. The summed E-state index contributed by atoms with van der Waals surface area (Å²) >= 11 is 6.09. The number of halogens is 1. The van der Waals surface area contributed by atoms with Crippen molar-refractivity contribution in [3.8, 4) is 11.4 Å². The Balaban J connectivity index is 2.10. The molecule has 1 aromatic carbocycles. The minimum atomic E-state index is -0.809. The number of pyridine rings is 2. The van der Waals surface area contributed by atoms with Gasteiger partial charge in [0.05, 0.1) is 24.2 Å². The van der Waals surface area contributed by atoms with E-state index in [1.165, 1.54) is 4.57 Å². The highest BCUT2D eigenvalue weighted by Gasteiger charge is 2.33. The van der Waals surface area contributed by atoms with Gasteiger partial charge in [-0.25, -0.2) is 4.98 Å². The van der Waals surface area contributed by atoms with Crippen LogP contribution in [0.3, 0.4) is 0 Å². The molecule has 26 heavy (non-hydrogen) atoms. The van der Waals surface area contributed by atoms with E-state index in [9.17, 15) is 15.1 Å². The van der Waals surface area contributed by atoms with Gasteiger partial charge in [0.15, 0.2) is 11.4 Å². The average molecular weight is 372 g/mol. The summed E-state index contributed by atoms with van der Waals surface area (Å²) in [7, 11) is 0. The molecule has 1 N–H and O–H groups in total. The Bertz CT molecular complexity index is 1040. The molecule has 2 aromatic heterocycles. The minimum Gasteiger partial charge on any atom is -0.627 e. The monoisotopic (exact) mass is 371 g/mol. The van der Waals surface area contributed by atoms with Gasteiger partial charge >= 0.3 is 5.56 Å². The standard InChI is InChI=1S/C19H18ClN3O3/c20-13-6-4-7-14(12-13)22-18-15(8-5-9-21-18)17(24)16(19(22)25)23(26)10-2-1-3-11-23/h4-9,12,24H,1-3,10-11H2. The summed E-state index contributed by atoms with van der Waals surface area (Å²) in [6, 6.07) is 10.1. The van der Waals surface area contributed by atoms with Crippen LogP contribution in [0.15, 0.2) is 47.4 Å². The molecule has 1 aliphatic rings. The maximum atomic E-state index is 13.4. The van der Waals surface area contributed by atoms with Crippen LogP contribution in [-0.2, 0) is 0 Å². The van der Waals surface area contributed by atoms with Gasteiger partial charge in [-0.15, -0.1) is 0 Å². The molecule has 0 spiro atoms. The van der Waals surface area contributed by atoms with E-state index in [1.54, 1.807) is 42.6 Å². The summed E-state index contributed by atoms with van der Waals surface area (Å²) in [6.45, 7) is 0.564. The first-order valence-corrected chi connectivity index (χ1v) is 8.96. The molecule has 0 unspecified atom stereocenters. The van der Waals surface area contributed by atoms with Crippen molar-refractivity contribution >= 4 is 28.3 Å². The molecule has 6 nitrogen and oxygen atoms in total. The third kappa shape index (κ3) is 2.67. The lowest BCUT2D eigenvalue weighted by atomic mass is 10.1. The minimum absolute atomic E-state index is 0.120. The number of hydrogen-bond acceptors (Lipinski definition) is 4. The van der Waals surface area contributed by atoms with Crippen molar-refractivity contribution in [2.24, 2.45) is 0 Å². The molecular formula is C19H18ClN3O3. The molecule has 0 saturated carbocycles. The fraction of sp³-hybridized carbons (Fsp3) is 0.263. The van der Waals surface area contributed by atoms with Gasteiger partial charge in [-0.3, -0.25) is 9.36 Å². The number of aromatic nitrogens is 2. The molecule has 1 aliphatic heterocycles. The van der Waals surface area contributed by atoms with Gasteiger partial charge in [-0.2, -0.15) is 0 Å². The fourth-order valence-electron chi connectivity index (χ4n) is 3.66. The first-order valence-electron chi connectivity index (χ1n) is 8.58. The quantitative estimate of drug-likeness (QED) is 0.550. The number of fused-ring (bicyclic) bond motifs is 1. The molecule has 3 aromatic rings. The predicted molar refractivity (Wildman–Crippen MR) is 103 cm³/mol. The molecular weight excluding hydrogens is 354 g/mol. The zero-order chi connectivity index (χ0) is 18.3. The fourth-order valence-corrected chi connectivity index (χ4v) is 3.84. The van der Waals surface area contributed by atoms with Crippen molar-refractivity contribution in [1.82, 2.24) is 14.2 Å². The number of piperidine rings is 1. The van der Waals surface area contributed by atoms with E-state index in [4.69, 9.17) is 11.6 Å². The van der Waals surface area contributed by atoms with E-state index in [0.29, 0.717) is 21.7 Å².